The van der Waals surface area contributed by atoms with Gasteiger partial charge in [0.2, 0.25) is 5.60 Å². The number of nitriles is 1. The maximum Gasteiger partial charge on any atom is 0.303 e. The second kappa shape index (κ2) is 8.57. The van der Waals surface area contributed by atoms with Crippen molar-refractivity contribution in [2.24, 2.45) is 0 Å². The topological polar surface area (TPSA) is 168 Å². The van der Waals surface area contributed by atoms with Crippen LogP contribution in [-0.4, -0.2) is 57.4 Å². The molecule has 31 heavy (non-hydrogen) atoms. The summed E-state index contributed by atoms with van der Waals surface area (Å²) >= 11 is 0. The molecule has 0 amide bonds. The van der Waals surface area contributed by atoms with Crippen LogP contribution in [0, 0.1) is 11.3 Å². The zero-order valence-corrected chi connectivity index (χ0v) is 17.1. The lowest BCUT2D eigenvalue weighted by atomic mass is 9.89. The molecule has 3 heterocycles. The zero-order valence-electron chi connectivity index (χ0n) is 17.1. The van der Waals surface area contributed by atoms with Crippen LogP contribution in [0.3, 0.4) is 0 Å². The Hall–Kier alpha value is -3.72. The minimum atomic E-state index is -1.96. The monoisotopic (exact) mass is 431 g/mol. The first-order chi connectivity index (χ1) is 14.7. The number of nitrogens with zero attached hydrogens (tertiary/aromatic N) is 4. The Morgan fingerprint density at radius 1 is 1.19 bits per heavy atom. The van der Waals surface area contributed by atoms with E-state index in [-0.39, 0.29) is 24.5 Å². The number of fused-ring (bicyclic) bond motifs is 1. The maximum atomic E-state index is 11.9. The van der Waals surface area contributed by atoms with Crippen molar-refractivity contribution in [2.75, 3.05) is 12.3 Å². The molecule has 0 aliphatic carbocycles. The van der Waals surface area contributed by atoms with Crippen LogP contribution in [0.25, 0.3) is 5.52 Å². The molecule has 0 aromatic carbocycles. The van der Waals surface area contributed by atoms with Gasteiger partial charge < -0.3 is 24.7 Å². The van der Waals surface area contributed by atoms with Gasteiger partial charge in [-0.1, -0.05) is 0 Å². The minimum Gasteiger partial charge on any atom is -0.460 e. The van der Waals surface area contributed by atoms with E-state index in [9.17, 15) is 19.6 Å². The molecular formula is C19H21N5O7. The summed E-state index contributed by atoms with van der Waals surface area (Å²) in [4.78, 5) is 39.2. The Labute approximate surface area is 176 Å². The Bertz CT molecular complexity index is 1060. The van der Waals surface area contributed by atoms with E-state index in [0.717, 1.165) is 6.92 Å². The highest BCUT2D eigenvalue weighted by molar-refractivity contribution is 5.69. The van der Waals surface area contributed by atoms with Gasteiger partial charge in [0, 0.05) is 27.2 Å². The molecule has 12 heteroatoms. The van der Waals surface area contributed by atoms with Crippen molar-refractivity contribution in [3.8, 4) is 6.07 Å². The number of esters is 3. The molecule has 0 saturated carbocycles. The number of ether oxygens (including phenoxy) is 4. The summed E-state index contributed by atoms with van der Waals surface area (Å²) in [6.07, 6.45) is -2.27. The molecular weight excluding hydrogens is 410 g/mol. The molecule has 2 aromatic heterocycles. The zero-order chi connectivity index (χ0) is 22.8. The lowest BCUT2D eigenvalue weighted by Gasteiger charge is -2.35. The summed E-state index contributed by atoms with van der Waals surface area (Å²) in [5.41, 5.74) is 4.49. The average molecular weight is 431 g/mol. The van der Waals surface area contributed by atoms with Gasteiger partial charge in [0.05, 0.1) is 12.3 Å². The van der Waals surface area contributed by atoms with Crippen LogP contribution < -0.4 is 5.73 Å². The summed E-state index contributed by atoms with van der Waals surface area (Å²) in [5.74, 6) is -1.84. The summed E-state index contributed by atoms with van der Waals surface area (Å²) in [5, 5.41) is 14.4. The van der Waals surface area contributed by atoms with E-state index < -0.39 is 41.8 Å². The van der Waals surface area contributed by atoms with Gasteiger partial charge in [0.1, 0.15) is 30.1 Å². The second-order valence-corrected chi connectivity index (χ2v) is 6.96. The molecule has 0 radical (unpaired) electrons. The Kier molecular flexibility index (Phi) is 6.07. The van der Waals surface area contributed by atoms with Crippen LogP contribution in [0.15, 0.2) is 18.5 Å². The third kappa shape index (κ3) is 4.26. The SMILES string of the molecule is CC(=O)OC1CO[C@@](C#N)(c2ccc3c(N)ncnn23)[C@H](OC(C)=O)[C@H](OC(C)=O)C1. The van der Waals surface area contributed by atoms with Crippen LogP contribution in [0.4, 0.5) is 5.82 Å². The highest BCUT2D eigenvalue weighted by atomic mass is 16.6. The number of carbonyl (C=O) groups excluding carboxylic acids is 3. The number of hydrogen-bond acceptors (Lipinski definition) is 11. The standard InChI is InChI=1S/C19H21N5O7/c1-10(25)29-13-6-15(30-11(2)26)17(31-12(3)27)19(8-20,28-7-13)16-5-4-14-18(21)22-9-23-24(14)16/h4-5,9,13,15,17H,6-7H2,1-3H3,(H2,21,22,23)/t13?,15-,17-,19+/m1/s1. The fourth-order valence-electron chi connectivity index (χ4n) is 3.60. The highest BCUT2D eigenvalue weighted by Crippen LogP contribution is 2.39. The predicted octanol–water partition coefficient (Wildman–Crippen LogP) is 0.246. The van der Waals surface area contributed by atoms with Crippen LogP contribution in [-0.2, 0) is 38.9 Å². The van der Waals surface area contributed by atoms with Gasteiger partial charge >= 0.3 is 17.9 Å². The predicted molar refractivity (Wildman–Crippen MR) is 102 cm³/mol. The molecule has 1 aliphatic heterocycles. The van der Waals surface area contributed by atoms with Gasteiger partial charge in [0.15, 0.2) is 11.9 Å². The van der Waals surface area contributed by atoms with Gasteiger partial charge in [-0.2, -0.15) is 10.4 Å². The summed E-state index contributed by atoms with van der Waals surface area (Å²) in [7, 11) is 0. The number of carbonyl (C=O) groups is 3. The third-order valence-corrected chi connectivity index (χ3v) is 4.70. The Balaban J connectivity index is 2.21. The van der Waals surface area contributed by atoms with E-state index in [2.05, 4.69) is 16.2 Å². The molecule has 1 unspecified atom stereocenters. The van der Waals surface area contributed by atoms with E-state index in [0.29, 0.717) is 5.52 Å². The third-order valence-electron chi connectivity index (χ3n) is 4.70. The lowest BCUT2D eigenvalue weighted by molar-refractivity contribution is -0.186. The van der Waals surface area contributed by atoms with Crippen molar-refractivity contribution in [1.82, 2.24) is 14.6 Å². The van der Waals surface area contributed by atoms with Crippen molar-refractivity contribution < 1.29 is 33.3 Å². The maximum absolute atomic E-state index is 11.9. The molecule has 1 aliphatic rings. The van der Waals surface area contributed by atoms with Gasteiger partial charge in [-0.3, -0.25) is 14.4 Å². The Morgan fingerprint density at radius 2 is 1.87 bits per heavy atom. The van der Waals surface area contributed by atoms with Crippen molar-refractivity contribution in [3.63, 3.8) is 0 Å². The van der Waals surface area contributed by atoms with Crippen LogP contribution in [0.2, 0.25) is 0 Å². The van der Waals surface area contributed by atoms with Gasteiger partial charge in [0.25, 0.3) is 0 Å². The smallest absolute Gasteiger partial charge is 0.303 e. The largest absolute Gasteiger partial charge is 0.460 e. The van der Waals surface area contributed by atoms with Crippen molar-refractivity contribution >= 4 is 29.2 Å². The summed E-state index contributed by atoms with van der Waals surface area (Å²) < 4.78 is 23.4. The van der Waals surface area contributed by atoms with Crippen LogP contribution in [0.1, 0.15) is 32.9 Å². The first-order valence-electron chi connectivity index (χ1n) is 9.33. The second-order valence-electron chi connectivity index (χ2n) is 6.96. The number of hydrogen-bond donors (Lipinski definition) is 1. The Morgan fingerprint density at radius 3 is 2.48 bits per heavy atom. The van der Waals surface area contributed by atoms with Crippen molar-refractivity contribution in [3.05, 3.63) is 24.2 Å². The number of aromatic nitrogens is 3. The highest BCUT2D eigenvalue weighted by Gasteiger charge is 2.55. The van der Waals surface area contributed by atoms with E-state index in [4.69, 9.17) is 24.7 Å². The molecule has 164 valence electrons. The minimum absolute atomic E-state index is 0.0546. The first kappa shape index (κ1) is 22.0. The summed E-state index contributed by atoms with van der Waals surface area (Å²) in [6.45, 7) is 3.31. The van der Waals surface area contributed by atoms with Crippen LogP contribution in [0.5, 0.6) is 0 Å². The van der Waals surface area contributed by atoms with Gasteiger partial charge in [-0.15, -0.1) is 0 Å². The molecule has 3 rings (SSSR count). The van der Waals surface area contributed by atoms with E-state index >= 15 is 0 Å². The van der Waals surface area contributed by atoms with E-state index in [1.807, 2.05) is 0 Å². The average Bonchev–Trinajstić information content (AvgIpc) is 3.07. The van der Waals surface area contributed by atoms with Gasteiger partial charge in [-0.05, 0) is 12.1 Å². The van der Waals surface area contributed by atoms with E-state index in [1.54, 1.807) is 6.07 Å². The number of nitrogens with two attached hydrogens (primary N) is 1. The fourth-order valence-corrected chi connectivity index (χ4v) is 3.60. The molecule has 1 saturated heterocycles. The van der Waals surface area contributed by atoms with Crippen molar-refractivity contribution in [1.29, 1.82) is 5.26 Å². The normalized spacial score (nSPS) is 25.8. The van der Waals surface area contributed by atoms with Crippen LogP contribution >= 0.6 is 0 Å². The fraction of sp³-hybridized carbons (Fsp3) is 0.474. The number of nitrogen functional groups attached to an aromatic ring is 1. The molecule has 0 bridgehead atoms. The quantitative estimate of drug-likeness (QED) is 0.520. The molecule has 2 N–H and O–H groups in total. The molecule has 1 fully saturated rings. The lowest BCUT2D eigenvalue weighted by Crippen LogP contribution is -2.50. The summed E-state index contributed by atoms with van der Waals surface area (Å²) in [6, 6.07) is 5.15. The first-order valence-corrected chi connectivity index (χ1v) is 9.33. The van der Waals surface area contributed by atoms with Crippen molar-refractivity contribution in [2.45, 2.75) is 51.1 Å². The molecule has 4 atom stereocenters. The number of rotatable bonds is 4. The molecule has 12 nitrogen and oxygen atoms in total. The molecule has 0 spiro atoms. The van der Waals surface area contributed by atoms with Gasteiger partial charge in [-0.25, -0.2) is 9.50 Å². The molecule has 2 aromatic rings. The van der Waals surface area contributed by atoms with E-state index in [1.165, 1.54) is 30.8 Å². The number of anilines is 1.